The summed E-state index contributed by atoms with van der Waals surface area (Å²) in [7, 11) is 0. The van der Waals surface area contributed by atoms with Crippen LogP contribution in [0.3, 0.4) is 0 Å². The molecule has 7 nitrogen and oxygen atoms in total. The molecule has 0 bridgehead atoms. The van der Waals surface area contributed by atoms with Crippen LogP contribution in [-0.2, 0) is 9.59 Å². The van der Waals surface area contributed by atoms with Crippen LogP contribution in [0.4, 0.5) is 17.1 Å². The third-order valence-corrected chi connectivity index (χ3v) is 5.16. The van der Waals surface area contributed by atoms with E-state index in [1.165, 1.54) is 6.42 Å². The highest BCUT2D eigenvalue weighted by molar-refractivity contribution is 5.97. The number of nitrogens with zero attached hydrogens (tertiary/aromatic N) is 1. The van der Waals surface area contributed by atoms with Gasteiger partial charge in [-0.15, -0.1) is 0 Å². The van der Waals surface area contributed by atoms with Gasteiger partial charge in [0.2, 0.25) is 11.8 Å². The maximum Gasteiger partial charge on any atom is 0.253 e. The van der Waals surface area contributed by atoms with Crippen LogP contribution in [0, 0.1) is 0 Å². The topological polar surface area (TPSA) is 90.5 Å². The van der Waals surface area contributed by atoms with E-state index >= 15 is 0 Å². The Bertz CT molecular complexity index is 888. The van der Waals surface area contributed by atoms with Gasteiger partial charge in [-0.1, -0.05) is 6.92 Å². The molecule has 3 N–H and O–H groups in total. The number of carbonyl (C=O) groups excluding carboxylic acids is 3. The summed E-state index contributed by atoms with van der Waals surface area (Å²) in [6, 6.07) is 14.2. The molecule has 0 unspecified atom stereocenters. The number of carbonyl (C=O) groups is 3. The zero-order valence-electron chi connectivity index (χ0n) is 17.9. The van der Waals surface area contributed by atoms with Gasteiger partial charge in [0, 0.05) is 42.1 Å². The van der Waals surface area contributed by atoms with Gasteiger partial charge in [0.15, 0.2) is 0 Å². The summed E-state index contributed by atoms with van der Waals surface area (Å²) >= 11 is 0. The molecule has 3 rings (SSSR count). The van der Waals surface area contributed by atoms with Crippen LogP contribution >= 0.6 is 0 Å². The predicted molar refractivity (Wildman–Crippen MR) is 123 cm³/mol. The second kappa shape index (κ2) is 11.2. The lowest BCUT2D eigenvalue weighted by Crippen LogP contribution is -2.35. The Morgan fingerprint density at radius 1 is 0.774 bits per heavy atom. The molecule has 1 heterocycles. The number of piperidine rings is 1. The molecular weight excluding hydrogens is 392 g/mol. The maximum absolute atomic E-state index is 12.5. The lowest BCUT2D eigenvalue weighted by molar-refractivity contribution is -0.116. The van der Waals surface area contributed by atoms with E-state index in [1.807, 2.05) is 24.0 Å². The van der Waals surface area contributed by atoms with Crippen LogP contribution in [0.5, 0.6) is 0 Å². The summed E-state index contributed by atoms with van der Waals surface area (Å²) < 4.78 is 0. The highest BCUT2D eigenvalue weighted by Crippen LogP contribution is 2.16. The first-order chi connectivity index (χ1) is 15.0. The number of rotatable bonds is 8. The van der Waals surface area contributed by atoms with E-state index < -0.39 is 0 Å². The van der Waals surface area contributed by atoms with Gasteiger partial charge in [0.1, 0.15) is 0 Å². The SMILES string of the molecule is CCCC(=O)Nc1ccc(NCC(=O)Nc2ccc(C(=O)N3CCCCC3)cc2)cc1. The average Bonchev–Trinajstić information content (AvgIpc) is 2.79. The normalized spacial score (nSPS) is 13.4. The first-order valence-electron chi connectivity index (χ1n) is 10.9. The summed E-state index contributed by atoms with van der Waals surface area (Å²) in [6.07, 6.45) is 4.60. The molecule has 0 aromatic heterocycles. The van der Waals surface area contributed by atoms with E-state index in [-0.39, 0.29) is 24.3 Å². The van der Waals surface area contributed by atoms with Crippen LogP contribution in [0.2, 0.25) is 0 Å². The fraction of sp³-hybridized carbons (Fsp3) is 0.375. The molecule has 0 atom stereocenters. The highest BCUT2D eigenvalue weighted by Gasteiger charge is 2.18. The van der Waals surface area contributed by atoms with Gasteiger partial charge in [-0.2, -0.15) is 0 Å². The van der Waals surface area contributed by atoms with Crippen molar-refractivity contribution in [1.29, 1.82) is 0 Å². The molecule has 3 amide bonds. The Morgan fingerprint density at radius 3 is 1.94 bits per heavy atom. The molecule has 0 aliphatic carbocycles. The van der Waals surface area contributed by atoms with Crippen molar-refractivity contribution < 1.29 is 14.4 Å². The van der Waals surface area contributed by atoms with Crippen molar-refractivity contribution in [3.8, 4) is 0 Å². The minimum absolute atomic E-state index is 0.00812. The molecule has 0 spiro atoms. The van der Waals surface area contributed by atoms with Crippen molar-refractivity contribution in [2.24, 2.45) is 0 Å². The van der Waals surface area contributed by atoms with E-state index in [4.69, 9.17) is 0 Å². The second-order valence-corrected chi connectivity index (χ2v) is 7.71. The van der Waals surface area contributed by atoms with Crippen LogP contribution < -0.4 is 16.0 Å². The fourth-order valence-corrected chi connectivity index (χ4v) is 3.49. The Balaban J connectivity index is 1.45. The predicted octanol–water partition coefficient (Wildman–Crippen LogP) is 4.10. The lowest BCUT2D eigenvalue weighted by atomic mass is 10.1. The Kier molecular flexibility index (Phi) is 8.04. The summed E-state index contributed by atoms with van der Waals surface area (Å²) in [6.45, 7) is 3.70. The molecule has 7 heteroatoms. The molecule has 0 saturated carbocycles. The van der Waals surface area contributed by atoms with E-state index in [0.29, 0.717) is 17.7 Å². The molecule has 31 heavy (non-hydrogen) atoms. The molecule has 2 aromatic rings. The maximum atomic E-state index is 12.5. The smallest absolute Gasteiger partial charge is 0.253 e. The Morgan fingerprint density at radius 2 is 1.32 bits per heavy atom. The van der Waals surface area contributed by atoms with Gasteiger partial charge in [-0.3, -0.25) is 14.4 Å². The van der Waals surface area contributed by atoms with E-state index in [1.54, 1.807) is 36.4 Å². The van der Waals surface area contributed by atoms with Crippen molar-refractivity contribution in [3.63, 3.8) is 0 Å². The van der Waals surface area contributed by atoms with Crippen LogP contribution in [0.25, 0.3) is 0 Å². The largest absolute Gasteiger partial charge is 0.376 e. The lowest BCUT2D eigenvalue weighted by Gasteiger charge is -2.26. The van der Waals surface area contributed by atoms with Gasteiger partial charge < -0.3 is 20.9 Å². The standard InChI is InChI=1S/C24H30N4O3/c1-2-6-22(29)26-21-13-11-19(12-14-21)25-17-23(30)27-20-9-7-18(8-10-20)24(31)28-15-4-3-5-16-28/h7-14,25H,2-6,15-17H2,1H3,(H,26,29)(H,27,30). The van der Waals surface area contributed by atoms with Crippen molar-refractivity contribution in [1.82, 2.24) is 4.90 Å². The summed E-state index contributed by atoms with van der Waals surface area (Å²) in [4.78, 5) is 38.3. The van der Waals surface area contributed by atoms with Gasteiger partial charge in [0.05, 0.1) is 6.54 Å². The monoisotopic (exact) mass is 422 g/mol. The number of hydrogen-bond acceptors (Lipinski definition) is 4. The highest BCUT2D eigenvalue weighted by atomic mass is 16.2. The summed E-state index contributed by atoms with van der Waals surface area (Å²) in [5.74, 6) is -0.143. The second-order valence-electron chi connectivity index (χ2n) is 7.71. The van der Waals surface area contributed by atoms with E-state index in [2.05, 4.69) is 16.0 Å². The Hall–Kier alpha value is -3.35. The summed E-state index contributed by atoms with van der Waals surface area (Å²) in [5, 5.41) is 8.71. The number of benzene rings is 2. The Labute approximate surface area is 183 Å². The number of anilines is 3. The molecule has 1 fully saturated rings. The first-order valence-corrected chi connectivity index (χ1v) is 10.9. The first kappa shape index (κ1) is 22.3. The zero-order valence-corrected chi connectivity index (χ0v) is 17.9. The van der Waals surface area contributed by atoms with Crippen LogP contribution in [0.15, 0.2) is 48.5 Å². The molecule has 1 aliphatic heterocycles. The van der Waals surface area contributed by atoms with E-state index in [9.17, 15) is 14.4 Å². The summed E-state index contributed by atoms with van der Waals surface area (Å²) in [5.41, 5.74) is 2.80. The van der Waals surface area contributed by atoms with Gasteiger partial charge >= 0.3 is 0 Å². The van der Waals surface area contributed by atoms with Crippen LogP contribution in [0.1, 0.15) is 49.4 Å². The van der Waals surface area contributed by atoms with Gasteiger partial charge in [-0.25, -0.2) is 0 Å². The van der Waals surface area contributed by atoms with Gasteiger partial charge in [-0.05, 0) is 74.2 Å². The number of nitrogens with one attached hydrogen (secondary N) is 3. The molecule has 1 saturated heterocycles. The zero-order chi connectivity index (χ0) is 22.1. The number of amides is 3. The molecule has 164 valence electrons. The third-order valence-electron chi connectivity index (χ3n) is 5.16. The quantitative estimate of drug-likeness (QED) is 0.597. The van der Waals surface area contributed by atoms with Gasteiger partial charge in [0.25, 0.3) is 5.91 Å². The van der Waals surface area contributed by atoms with Crippen molar-refractivity contribution in [3.05, 3.63) is 54.1 Å². The third kappa shape index (κ3) is 6.84. The van der Waals surface area contributed by atoms with Crippen molar-refractivity contribution in [2.45, 2.75) is 39.0 Å². The molecule has 0 radical (unpaired) electrons. The van der Waals surface area contributed by atoms with Crippen molar-refractivity contribution in [2.75, 3.05) is 35.6 Å². The number of likely N-dealkylation sites (tertiary alicyclic amines) is 1. The fourth-order valence-electron chi connectivity index (χ4n) is 3.49. The molecule has 2 aromatic carbocycles. The van der Waals surface area contributed by atoms with E-state index in [0.717, 1.165) is 43.7 Å². The number of hydrogen-bond donors (Lipinski definition) is 3. The molecular formula is C24H30N4O3. The van der Waals surface area contributed by atoms with Crippen molar-refractivity contribution >= 4 is 34.8 Å². The average molecular weight is 423 g/mol. The molecule has 1 aliphatic rings. The van der Waals surface area contributed by atoms with Crippen LogP contribution in [-0.4, -0.2) is 42.3 Å². The minimum atomic E-state index is -0.185. The minimum Gasteiger partial charge on any atom is -0.376 e.